The molecule has 4 nitrogen and oxygen atoms in total. The van der Waals surface area contributed by atoms with Crippen LogP contribution in [0.5, 0.6) is 0 Å². The van der Waals surface area contributed by atoms with E-state index < -0.39 is 5.97 Å². The fraction of sp³-hybridized carbons (Fsp3) is 0.312. The number of rotatable bonds is 5. The van der Waals surface area contributed by atoms with Crippen LogP contribution in [0.2, 0.25) is 0 Å². The van der Waals surface area contributed by atoms with E-state index in [1.54, 1.807) is 6.20 Å². The smallest absolute Gasteiger partial charge is 0.303 e. The minimum Gasteiger partial charge on any atom is -0.481 e. The Morgan fingerprint density at radius 1 is 1.25 bits per heavy atom. The minimum absolute atomic E-state index is 0.0877. The summed E-state index contributed by atoms with van der Waals surface area (Å²) in [6.45, 7) is 4.30. The number of aliphatic carboxylic acids is 1. The Morgan fingerprint density at radius 3 is 2.55 bits per heavy atom. The molecule has 0 atom stereocenters. The van der Waals surface area contributed by atoms with Crippen molar-refractivity contribution in [3.8, 4) is 11.3 Å². The van der Waals surface area contributed by atoms with Gasteiger partial charge in [-0.05, 0) is 23.5 Å². The number of hydrogen-bond donors (Lipinski definition) is 1. The summed E-state index contributed by atoms with van der Waals surface area (Å²) in [6.07, 6.45) is 3.72. The third-order valence-corrected chi connectivity index (χ3v) is 3.25. The Labute approximate surface area is 118 Å². The highest BCUT2D eigenvalue weighted by Crippen LogP contribution is 2.24. The van der Waals surface area contributed by atoms with E-state index in [-0.39, 0.29) is 6.42 Å². The Bertz CT molecular complexity index is 592. The highest BCUT2D eigenvalue weighted by molar-refractivity contribution is 5.68. The first-order valence-corrected chi connectivity index (χ1v) is 6.69. The SMILES string of the molecule is CC(C)c1ccc(-c2ncncc2CCC(=O)O)cc1. The summed E-state index contributed by atoms with van der Waals surface area (Å²) in [5, 5.41) is 8.79. The quantitative estimate of drug-likeness (QED) is 0.905. The maximum Gasteiger partial charge on any atom is 0.303 e. The van der Waals surface area contributed by atoms with Crippen LogP contribution in [-0.4, -0.2) is 21.0 Å². The minimum atomic E-state index is -0.810. The lowest BCUT2D eigenvalue weighted by atomic mass is 9.98. The number of benzene rings is 1. The van der Waals surface area contributed by atoms with Gasteiger partial charge in [-0.15, -0.1) is 0 Å². The summed E-state index contributed by atoms with van der Waals surface area (Å²) < 4.78 is 0. The van der Waals surface area contributed by atoms with Crippen molar-refractivity contribution in [3.05, 3.63) is 47.9 Å². The second-order valence-corrected chi connectivity index (χ2v) is 5.07. The van der Waals surface area contributed by atoms with Crippen molar-refractivity contribution < 1.29 is 9.90 Å². The van der Waals surface area contributed by atoms with E-state index in [4.69, 9.17) is 5.11 Å². The molecule has 0 aliphatic heterocycles. The molecule has 0 bridgehead atoms. The lowest BCUT2D eigenvalue weighted by molar-refractivity contribution is -0.136. The van der Waals surface area contributed by atoms with Gasteiger partial charge < -0.3 is 5.11 Å². The largest absolute Gasteiger partial charge is 0.481 e. The summed E-state index contributed by atoms with van der Waals surface area (Å²) >= 11 is 0. The van der Waals surface area contributed by atoms with Crippen molar-refractivity contribution in [1.82, 2.24) is 9.97 Å². The molecule has 2 rings (SSSR count). The predicted octanol–water partition coefficient (Wildman–Crippen LogP) is 3.28. The Kier molecular flexibility index (Phi) is 4.45. The van der Waals surface area contributed by atoms with Crippen molar-refractivity contribution in [2.75, 3.05) is 0 Å². The van der Waals surface area contributed by atoms with Gasteiger partial charge in [-0.2, -0.15) is 0 Å². The van der Waals surface area contributed by atoms with Gasteiger partial charge in [0.1, 0.15) is 6.33 Å². The van der Waals surface area contributed by atoms with Gasteiger partial charge in [-0.25, -0.2) is 9.97 Å². The molecule has 1 N–H and O–H groups in total. The van der Waals surface area contributed by atoms with E-state index in [0.717, 1.165) is 16.8 Å². The zero-order chi connectivity index (χ0) is 14.5. The number of aromatic nitrogens is 2. The maximum absolute atomic E-state index is 10.7. The Morgan fingerprint density at radius 2 is 1.95 bits per heavy atom. The molecule has 0 saturated carbocycles. The molecule has 0 unspecified atom stereocenters. The molecule has 0 aliphatic rings. The average molecular weight is 270 g/mol. The number of carboxylic acids is 1. The molecule has 0 aliphatic carbocycles. The summed E-state index contributed by atoms with van der Waals surface area (Å²) in [7, 11) is 0. The van der Waals surface area contributed by atoms with Crippen molar-refractivity contribution in [2.45, 2.75) is 32.6 Å². The molecule has 1 heterocycles. The lowest BCUT2D eigenvalue weighted by Crippen LogP contribution is -2.01. The molecule has 0 saturated heterocycles. The molecule has 4 heteroatoms. The van der Waals surface area contributed by atoms with Gasteiger partial charge in [0.2, 0.25) is 0 Å². The lowest BCUT2D eigenvalue weighted by Gasteiger charge is -2.09. The monoisotopic (exact) mass is 270 g/mol. The molecule has 20 heavy (non-hydrogen) atoms. The molecule has 2 aromatic rings. The first-order chi connectivity index (χ1) is 9.58. The van der Waals surface area contributed by atoms with Crippen molar-refractivity contribution in [2.24, 2.45) is 0 Å². The van der Waals surface area contributed by atoms with Crippen molar-refractivity contribution in [3.63, 3.8) is 0 Å². The van der Waals surface area contributed by atoms with Crippen LogP contribution in [0.4, 0.5) is 0 Å². The molecular weight excluding hydrogens is 252 g/mol. The zero-order valence-electron chi connectivity index (χ0n) is 11.7. The molecule has 1 aromatic carbocycles. The highest BCUT2D eigenvalue weighted by atomic mass is 16.4. The van der Waals surface area contributed by atoms with Gasteiger partial charge in [-0.1, -0.05) is 38.1 Å². The predicted molar refractivity (Wildman–Crippen MR) is 77.5 cm³/mol. The van der Waals surface area contributed by atoms with Gasteiger partial charge >= 0.3 is 5.97 Å². The van der Waals surface area contributed by atoms with E-state index in [2.05, 4.69) is 35.9 Å². The second kappa shape index (κ2) is 6.28. The van der Waals surface area contributed by atoms with E-state index in [9.17, 15) is 4.79 Å². The van der Waals surface area contributed by atoms with Crippen molar-refractivity contribution >= 4 is 5.97 Å². The van der Waals surface area contributed by atoms with Crippen molar-refractivity contribution in [1.29, 1.82) is 0 Å². The molecule has 0 radical (unpaired) electrons. The zero-order valence-corrected chi connectivity index (χ0v) is 11.7. The van der Waals surface area contributed by atoms with Crippen LogP contribution in [0.25, 0.3) is 11.3 Å². The first-order valence-electron chi connectivity index (χ1n) is 6.69. The van der Waals surface area contributed by atoms with Crippen LogP contribution in [0.1, 0.15) is 37.3 Å². The molecular formula is C16H18N2O2. The summed E-state index contributed by atoms with van der Waals surface area (Å²) in [6, 6.07) is 8.23. The third kappa shape index (κ3) is 3.41. The van der Waals surface area contributed by atoms with Crippen LogP contribution in [-0.2, 0) is 11.2 Å². The van der Waals surface area contributed by atoms with E-state index in [0.29, 0.717) is 12.3 Å². The van der Waals surface area contributed by atoms with Gasteiger partial charge in [0.25, 0.3) is 0 Å². The fourth-order valence-electron chi connectivity index (χ4n) is 2.07. The number of nitrogens with zero attached hydrogens (tertiary/aromatic N) is 2. The number of carboxylic acid groups (broad SMARTS) is 1. The van der Waals surface area contributed by atoms with Crippen LogP contribution < -0.4 is 0 Å². The topological polar surface area (TPSA) is 63.1 Å². The Balaban J connectivity index is 2.29. The van der Waals surface area contributed by atoms with Crippen LogP contribution in [0, 0.1) is 0 Å². The maximum atomic E-state index is 10.7. The van der Waals surface area contributed by atoms with Gasteiger partial charge in [0.05, 0.1) is 5.69 Å². The third-order valence-electron chi connectivity index (χ3n) is 3.25. The van der Waals surface area contributed by atoms with E-state index in [1.165, 1.54) is 11.9 Å². The Hall–Kier alpha value is -2.23. The molecule has 0 spiro atoms. The van der Waals surface area contributed by atoms with Gasteiger partial charge in [0, 0.05) is 18.2 Å². The summed E-state index contributed by atoms with van der Waals surface area (Å²) in [4.78, 5) is 19.0. The van der Waals surface area contributed by atoms with E-state index in [1.807, 2.05) is 12.1 Å². The second-order valence-electron chi connectivity index (χ2n) is 5.07. The molecule has 0 amide bonds. The summed E-state index contributed by atoms with van der Waals surface area (Å²) in [5.41, 5.74) is 3.95. The molecule has 0 fully saturated rings. The van der Waals surface area contributed by atoms with Gasteiger partial charge in [0.15, 0.2) is 0 Å². The van der Waals surface area contributed by atoms with E-state index >= 15 is 0 Å². The standard InChI is InChI=1S/C16H18N2O2/c1-11(2)12-3-5-13(6-4-12)16-14(7-8-15(19)20)9-17-10-18-16/h3-6,9-11H,7-8H2,1-2H3,(H,19,20). The van der Waals surface area contributed by atoms with Crippen LogP contribution in [0.3, 0.4) is 0 Å². The number of hydrogen-bond acceptors (Lipinski definition) is 3. The average Bonchev–Trinajstić information content (AvgIpc) is 2.45. The normalized spacial score (nSPS) is 10.8. The molecule has 104 valence electrons. The summed E-state index contributed by atoms with van der Waals surface area (Å²) in [5.74, 6) is -0.323. The number of aryl methyl sites for hydroxylation is 1. The van der Waals surface area contributed by atoms with Crippen LogP contribution >= 0.6 is 0 Å². The molecule has 1 aromatic heterocycles. The highest BCUT2D eigenvalue weighted by Gasteiger charge is 2.09. The fourth-order valence-corrected chi connectivity index (χ4v) is 2.07. The van der Waals surface area contributed by atoms with Crippen LogP contribution in [0.15, 0.2) is 36.8 Å². The van der Waals surface area contributed by atoms with Gasteiger partial charge in [-0.3, -0.25) is 4.79 Å². The number of carbonyl (C=O) groups is 1. The first kappa shape index (κ1) is 14.2.